The highest BCUT2D eigenvalue weighted by atomic mass is 32.2. The van der Waals surface area contributed by atoms with Gasteiger partial charge in [-0.05, 0) is 24.6 Å². The maximum Gasteiger partial charge on any atom is 0.390 e. The first kappa shape index (κ1) is 16.9. The normalized spacial score (nSPS) is 12.7. The van der Waals surface area contributed by atoms with Crippen molar-refractivity contribution in [1.29, 1.82) is 0 Å². The van der Waals surface area contributed by atoms with Crippen LogP contribution >= 0.6 is 0 Å². The molecular formula is C11H14F4N2O2S. The first-order chi connectivity index (χ1) is 9.07. The van der Waals surface area contributed by atoms with Crippen LogP contribution in [0.1, 0.15) is 17.5 Å². The number of benzene rings is 1. The number of alkyl halides is 3. The standard InChI is InChI=1S/C11H14F4N2O2S/c1-7-9(12)4-8(6-16)5-10(7)20(18,19)17-3-2-11(13,14)15/h4-5,17H,2-3,6,16H2,1H3. The molecule has 0 aliphatic heterocycles. The van der Waals surface area contributed by atoms with E-state index in [0.29, 0.717) is 0 Å². The third kappa shape index (κ3) is 4.43. The molecule has 0 saturated carbocycles. The maximum absolute atomic E-state index is 13.5. The molecule has 0 radical (unpaired) electrons. The van der Waals surface area contributed by atoms with Crippen molar-refractivity contribution in [1.82, 2.24) is 4.72 Å². The second kappa shape index (κ2) is 6.06. The fourth-order valence-electron chi connectivity index (χ4n) is 1.51. The highest BCUT2D eigenvalue weighted by molar-refractivity contribution is 7.89. The summed E-state index contributed by atoms with van der Waals surface area (Å²) in [6.45, 7) is 0.343. The summed E-state index contributed by atoms with van der Waals surface area (Å²) >= 11 is 0. The lowest BCUT2D eigenvalue weighted by molar-refractivity contribution is -0.132. The number of rotatable bonds is 5. The Labute approximate surface area is 114 Å². The third-order valence-corrected chi connectivity index (χ3v) is 4.17. The van der Waals surface area contributed by atoms with Crippen molar-refractivity contribution < 1.29 is 26.0 Å². The van der Waals surface area contributed by atoms with E-state index in [1.807, 2.05) is 0 Å². The fraction of sp³-hybridized carbons (Fsp3) is 0.455. The molecule has 0 bridgehead atoms. The van der Waals surface area contributed by atoms with Gasteiger partial charge in [-0.3, -0.25) is 0 Å². The number of hydrogen-bond donors (Lipinski definition) is 2. The monoisotopic (exact) mass is 314 g/mol. The van der Waals surface area contributed by atoms with Gasteiger partial charge in [0.1, 0.15) is 5.82 Å². The van der Waals surface area contributed by atoms with Crippen molar-refractivity contribution in [2.75, 3.05) is 6.54 Å². The zero-order chi connectivity index (χ0) is 15.6. The molecule has 0 unspecified atom stereocenters. The van der Waals surface area contributed by atoms with Gasteiger partial charge >= 0.3 is 6.18 Å². The molecule has 0 aliphatic rings. The Hall–Kier alpha value is -1.19. The van der Waals surface area contributed by atoms with Gasteiger partial charge in [0.15, 0.2) is 0 Å². The molecule has 1 rings (SSSR count). The van der Waals surface area contributed by atoms with Gasteiger partial charge in [0.2, 0.25) is 10.0 Å². The lowest BCUT2D eigenvalue weighted by Gasteiger charge is -2.12. The topological polar surface area (TPSA) is 72.2 Å². The van der Waals surface area contributed by atoms with E-state index in [0.717, 1.165) is 12.1 Å². The lowest BCUT2D eigenvalue weighted by Crippen LogP contribution is -2.29. The molecule has 0 saturated heterocycles. The summed E-state index contributed by atoms with van der Waals surface area (Å²) in [7, 11) is -4.21. The molecule has 114 valence electrons. The summed E-state index contributed by atoms with van der Waals surface area (Å²) in [4.78, 5) is -0.403. The van der Waals surface area contributed by atoms with Gasteiger partial charge in [0.25, 0.3) is 0 Å². The van der Waals surface area contributed by atoms with Crippen molar-refractivity contribution in [2.24, 2.45) is 5.73 Å². The van der Waals surface area contributed by atoms with E-state index in [1.54, 1.807) is 4.72 Å². The Bertz CT molecular complexity index is 585. The zero-order valence-electron chi connectivity index (χ0n) is 10.6. The Morgan fingerprint density at radius 2 is 1.90 bits per heavy atom. The third-order valence-electron chi connectivity index (χ3n) is 2.58. The quantitative estimate of drug-likeness (QED) is 0.814. The van der Waals surface area contributed by atoms with E-state index in [4.69, 9.17) is 5.73 Å². The molecule has 0 spiro atoms. The summed E-state index contributed by atoms with van der Waals surface area (Å²) in [5.74, 6) is -0.774. The zero-order valence-corrected chi connectivity index (χ0v) is 11.4. The molecule has 1 aromatic carbocycles. The number of hydrogen-bond acceptors (Lipinski definition) is 3. The molecule has 0 heterocycles. The van der Waals surface area contributed by atoms with E-state index in [2.05, 4.69) is 0 Å². The Morgan fingerprint density at radius 3 is 2.40 bits per heavy atom. The molecule has 4 nitrogen and oxygen atoms in total. The van der Waals surface area contributed by atoms with Crippen LogP contribution in [0.2, 0.25) is 0 Å². The second-order valence-electron chi connectivity index (χ2n) is 4.17. The molecular weight excluding hydrogens is 300 g/mol. The van der Waals surface area contributed by atoms with Gasteiger partial charge in [0.05, 0.1) is 11.3 Å². The first-order valence-electron chi connectivity index (χ1n) is 5.62. The molecule has 0 aromatic heterocycles. The molecule has 0 atom stereocenters. The molecule has 0 amide bonds. The summed E-state index contributed by atoms with van der Waals surface area (Å²) in [5.41, 5.74) is 5.38. The second-order valence-corrected chi connectivity index (χ2v) is 5.90. The van der Waals surface area contributed by atoms with Crippen LogP contribution in [0.15, 0.2) is 17.0 Å². The van der Waals surface area contributed by atoms with E-state index in [1.165, 1.54) is 6.92 Å². The molecule has 0 aliphatic carbocycles. The maximum atomic E-state index is 13.5. The number of halogens is 4. The van der Waals surface area contributed by atoms with Crippen LogP contribution in [0.4, 0.5) is 17.6 Å². The van der Waals surface area contributed by atoms with Crippen LogP contribution < -0.4 is 10.5 Å². The SMILES string of the molecule is Cc1c(F)cc(CN)cc1S(=O)(=O)NCCC(F)(F)F. The van der Waals surface area contributed by atoms with Crippen LogP contribution in [0.25, 0.3) is 0 Å². The molecule has 20 heavy (non-hydrogen) atoms. The van der Waals surface area contributed by atoms with Gasteiger partial charge in [-0.1, -0.05) is 0 Å². The lowest BCUT2D eigenvalue weighted by atomic mass is 10.1. The Balaban J connectivity index is 3.01. The van der Waals surface area contributed by atoms with Crippen molar-refractivity contribution in [3.05, 3.63) is 29.1 Å². The van der Waals surface area contributed by atoms with Gasteiger partial charge < -0.3 is 5.73 Å². The van der Waals surface area contributed by atoms with E-state index in [-0.39, 0.29) is 17.7 Å². The van der Waals surface area contributed by atoms with E-state index >= 15 is 0 Å². The van der Waals surface area contributed by atoms with Crippen LogP contribution in [-0.2, 0) is 16.6 Å². The number of nitrogens with one attached hydrogen (secondary N) is 1. The highest BCUT2D eigenvalue weighted by Crippen LogP contribution is 2.22. The minimum Gasteiger partial charge on any atom is -0.326 e. The van der Waals surface area contributed by atoms with Crippen molar-refractivity contribution in [2.45, 2.75) is 31.0 Å². The van der Waals surface area contributed by atoms with Crippen molar-refractivity contribution >= 4 is 10.0 Å². The number of sulfonamides is 1. The minimum absolute atomic E-state index is 0.0811. The van der Waals surface area contributed by atoms with Gasteiger partial charge in [0, 0.05) is 18.7 Å². The average Bonchev–Trinajstić information content (AvgIpc) is 2.30. The molecule has 0 fully saturated rings. The van der Waals surface area contributed by atoms with Crippen LogP contribution in [0.3, 0.4) is 0 Å². The van der Waals surface area contributed by atoms with Crippen LogP contribution in [-0.4, -0.2) is 21.1 Å². The fourth-order valence-corrected chi connectivity index (χ4v) is 2.84. The average molecular weight is 314 g/mol. The molecule has 9 heteroatoms. The van der Waals surface area contributed by atoms with Crippen molar-refractivity contribution in [3.8, 4) is 0 Å². The molecule has 1 aromatic rings. The summed E-state index contributed by atoms with van der Waals surface area (Å²) < 4.78 is 75.0. The Kier molecular flexibility index (Phi) is 5.11. The first-order valence-corrected chi connectivity index (χ1v) is 7.10. The summed E-state index contributed by atoms with van der Waals surface area (Å²) in [6.07, 6.45) is -5.77. The Morgan fingerprint density at radius 1 is 1.30 bits per heavy atom. The van der Waals surface area contributed by atoms with Gasteiger partial charge in [-0.2, -0.15) is 13.2 Å². The van der Waals surface area contributed by atoms with Gasteiger partial charge in [-0.15, -0.1) is 0 Å². The summed E-state index contributed by atoms with van der Waals surface area (Å²) in [6, 6.07) is 2.23. The minimum atomic E-state index is -4.47. The predicted molar refractivity (Wildman–Crippen MR) is 64.9 cm³/mol. The van der Waals surface area contributed by atoms with Crippen LogP contribution in [0, 0.1) is 12.7 Å². The van der Waals surface area contributed by atoms with E-state index in [9.17, 15) is 26.0 Å². The van der Waals surface area contributed by atoms with E-state index < -0.39 is 39.9 Å². The van der Waals surface area contributed by atoms with Crippen LogP contribution in [0.5, 0.6) is 0 Å². The highest BCUT2D eigenvalue weighted by Gasteiger charge is 2.28. The van der Waals surface area contributed by atoms with Gasteiger partial charge in [-0.25, -0.2) is 17.5 Å². The summed E-state index contributed by atoms with van der Waals surface area (Å²) in [5, 5.41) is 0. The smallest absolute Gasteiger partial charge is 0.326 e. The molecule has 3 N–H and O–H groups in total. The number of nitrogens with two attached hydrogens (primary N) is 1. The van der Waals surface area contributed by atoms with Crippen molar-refractivity contribution in [3.63, 3.8) is 0 Å². The largest absolute Gasteiger partial charge is 0.390 e. The predicted octanol–water partition coefficient (Wildman–Crippen LogP) is 1.82.